The lowest BCUT2D eigenvalue weighted by Gasteiger charge is -2.34. The minimum absolute atomic E-state index is 0.101. The second-order valence-electron chi connectivity index (χ2n) is 7.43. The van der Waals surface area contributed by atoms with Crippen LogP contribution in [-0.4, -0.2) is 41.1 Å². The fourth-order valence-electron chi connectivity index (χ4n) is 4.00. The van der Waals surface area contributed by atoms with Gasteiger partial charge >= 0.3 is 0 Å². The molecule has 3 aromatic rings. The molecule has 0 bridgehead atoms. The number of ether oxygens (including phenoxy) is 1. The Balaban J connectivity index is 1.48. The Labute approximate surface area is 168 Å². The van der Waals surface area contributed by atoms with Crippen LogP contribution >= 0.6 is 0 Å². The van der Waals surface area contributed by atoms with E-state index < -0.39 is 6.10 Å². The Kier molecular flexibility index (Phi) is 5.36. The minimum Gasteiger partial charge on any atom is -0.497 e. The molecule has 2 N–H and O–H groups in total. The summed E-state index contributed by atoms with van der Waals surface area (Å²) in [5.41, 5.74) is 1.40. The number of carbonyl (C=O) groups excluding carboxylic acids is 1. The molecule has 0 saturated carbocycles. The van der Waals surface area contributed by atoms with Gasteiger partial charge < -0.3 is 19.7 Å². The number of nitrogens with zero attached hydrogens (tertiary/aromatic N) is 1. The lowest BCUT2D eigenvalue weighted by Crippen LogP contribution is -2.41. The molecule has 1 aromatic heterocycles. The molecule has 1 atom stereocenters. The highest BCUT2D eigenvalue weighted by Gasteiger charge is 2.29. The van der Waals surface area contributed by atoms with Gasteiger partial charge in [0.05, 0.1) is 18.7 Å². The topological polar surface area (TPSA) is 82.6 Å². The molecule has 1 fully saturated rings. The van der Waals surface area contributed by atoms with Crippen molar-refractivity contribution in [2.24, 2.45) is 5.92 Å². The number of methoxy groups -OCH3 is 1. The van der Waals surface area contributed by atoms with Crippen molar-refractivity contribution in [2.45, 2.75) is 18.9 Å². The number of aromatic nitrogens is 1. The van der Waals surface area contributed by atoms with Gasteiger partial charge in [-0.3, -0.25) is 9.59 Å². The smallest absolute Gasteiger partial charge is 0.259 e. The van der Waals surface area contributed by atoms with Gasteiger partial charge in [0.15, 0.2) is 0 Å². The van der Waals surface area contributed by atoms with Gasteiger partial charge in [-0.25, -0.2) is 0 Å². The summed E-state index contributed by atoms with van der Waals surface area (Å²) in [5, 5.41) is 11.1. The molecule has 0 aliphatic carbocycles. The number of hydrogen-bond acceptors (Lipinski definition) is 4. The first-order valence-electron chi connectivity index (χ1n) is 9.80. The molecule has 2 aromatic carbocycles. The molecule has 6 nitrogen and oxygen atoms in total. The predicted molar refractivity (Wildman–Crippen MR) is 111 cm³/mol. The monoisotopic (exact) mass is 392 g/mol. The van der Waals surface area contributed by atoms with Crippen molar-refractivity contribution >= 4 is 16.8 Å². The normalized spacial score (nSPS) is 16.0. The second-order valence-corrected chi connectivity index (χ2v) is 7.43. The molecule has 150 valence electrons. The summed E-state index contributed by atoms with van der Waals surface area (Å²) in [6.45, 7) is 1.04. The van der Waals surface area contributed by atoms with E-state index in [1.807, 2.05) is 30.3 Å². The molecule has 2 heterocycles. The van der Waals surface area contributed by atoms with Crippen molar-refractivity contribution in [1.29, 1.82) is 0 Å². The van der Waals surface area contributed by atoms with E-state index in [0.717, 1.165) is 5.56 Å². The summed E-state index contributed by atoms with van der Waals surface area (Å²) in [7, 11) is 1.57. The number of pyridine rings is 1. The van der Waals surface area contributed by atoms with Crippen LogP contribution < -0.4 is 10.2 Å². The molecule has 1 aliphatic rings. The summed E-state index contributed by atoms with van der Waals surface area (Å²) in [5.74, 6) is 0.478. The molecule has 29 heavy (non-hydrogen) atoms. The molecule has 0 spiro atoms. The van der Waals surface area contributed by atoms with Crippen LogP contribution in [0.5, 0.6) is 5.75 Å². The quantitative estimate of drug-likeness (QED) is 0.715. The van der Waals surface area contributed by atoms with E-state index in [-0.39, 0.29) is 22.8 Å². The number of rotatable bonds is 4. The molecular weight excluding hydrogens is 368 g/mol. The van der Waals surface area contributed by atoms with Gasteiger partial charge in [-0.15, -0.1) is 0 Å². The number of piperidine rings is 1. The Morgan fingerprint density at radius 3 is 2.59 bits per heavy atom. The third-order valence-electron chi connectivity index (χ3n) is 5.73. The number of amides is 1. The van der Waals surface area contributed by atoms with E-state index in [1.54, 1.807) is 30.2 Å². The van der Waals surface area contributed by atoms with E-state index in [1.165, 1.54) is 6.20 Å². The minimum atomic E-state index is -0.535. The van der Waals surface area contributed by atoms with E-state index >= 15 is 0 Å². The van der Waals surface area contributed by atoms with Crippen molar-refractivity contribution < 1.29 is 14.6 Å². The van der Waals surface area contributed by atoms with Crippen LogP contribution in [0, 0.1) is 5.92 Å². The summed E-state index contributed by atoms with van der Waals surface area (Å²) in [6.07, 6.45) is 2.35. The van der Waals surface area contributed by atoms with Crippen LogP contribution in [0.25, 0.3) is 10.9 Å². The molecule has 1 saturated heterocycles. The Morgan fingerprint density at radius 1 is 1.17 bits per heavy atom. The summed E-state index contributed by atoms with van der Waals surface area (Å²) in [6, 6.07) is 14.7. The number of nitrogens with one attached hydrogen (secondary N) is 1. The van der Waals surface area contributed by atoms with Crippen molar-refractivity contribution in [2.75, 3.05) is 20.2 Å². The van der Waals surface area contributed by atoms with Crippen molar-refractivity contribution in [3.8, 4) is 5.75 Å². The van der Waals surface area contributed by atoms with Gasteiger partial charge in [0.2, 0.25) is 5.43 Å². The van der Waals surface area contributed by atoms with Gasteiger partial charge in [0.25, 0.3) is 5.91 Å². The number of carbonyl (C=O) groups is 1. The van der Waals surface area contributed by atoms with E-state index in [4.69, 9.17) is 4.74 Å². The van der Waals surface area contributed by atoms with E-state index in [0.29, 0.717) is 42.6 Å². The summed E-state index contributed by atoms with van der Waals surface area (Å²) >= 11 is 0. The Bertz CT molecular complexity index is 1070. The van der Waals surface area contributed by atoms with Crippen LogP contribution in [-0.2, 0) is 0 Å². The average molecular weight is 392 g/mol. The lowest BCUT2D eigenvalue weighted by molar-refractivity contribution is 0.0461. The summed E-state index contributed by atoms with van der Waals surface area (Å²) < 4.78 is 5.18. The zero-order valence-electron chi connectivity index (χ0n) is 16.3. The van der Waals surface area contributed by atoms with Gasteiger partial charge in [0, 0.05) is 30.7 Å². The number of hydrogen-bond donors (Lipinski definition) is 2. The fourth-order valence-corrected chi connectivity index (χ4v) is 4.00. The number of likely N-dealkylation sites (tertiary alicyclic amines) is 1. The van der Waals surface area contributed by atoms with Crippen LogP contribution in [0.3, 0.4) is 0 Å². The molecule has 0 radical (unpaired) electrons. The number of aliphatic hydroxyl groups is 1. The van der Waals surface area contributed by atoms with Gasteiger partial charge in [-0.05, 0) is 36.5 Å². The molecule has 4 rings (SSSR count). The lowest BCUT2D eigenvalue weighted by atomic mass is 9.87. The Morgan fingerprint density at radius 2 is 1.90 bits per heavy atom. The molecule has 0 unspecified atom stereocenters. The highest BCUT2D eigenvalue weighted by atomic mass is 16.5. The SMILES string of the molecule is COc1ccc2c(=O)c(C(=O)N3CCC([C@@H](O)c4ccccc4)CC3)c[nH]c2c1. The maximum absolute atomic E-state index is 13.0. The van der Waals surface area contributed by atoms with Crippen LogP contribution in [0.1, 0.15) is 34.9 Å². The number of fused-ring (bicyclic) bond motifs is 1. The third-order valence-corrected chi connectivity index (χ3v) is 5.73. The van der Waals surface area contributed by atoms with Gasteiger partial charge in [-0.1, -0.05) is 30.3 Å². The number of aliphatic hydroxyl groups excluding tert-OH is 1. The van der Waals surface area contributed by atoms with Crippen LogP contribution in [0.15, 0.2) is 59.5 Å². The molecule has 1 aliphatic heterocycles. The fraction of sp³-hybridized carbons (Fsp3) is 0.304. The van der Waals surface area contributed by atoms with Crippen molar-refractivity contribution in [1.82, 2.24) is 9.88 Å². The molecule has 6 heteroatoms. The summed E-state index contributed by atoms with van der Waals surface area (Å²) in [4.78, 5) is 30.5. The first-order valence-corrected chi connectivity index (χ1v) is 9.80. The largest absolute Gasteiger partial charge is 0.497 e. The molecule has 1 amide bonds. The standard InChI is InChI=1S/C23H24N2O4/c1-29-17-7-8-18-20(13-17)24-14-19(22(18)27)23(28)25-11-9-16(10-12-25)21(26)15-5-3-2-4-6-15/h2-8,13-14,16,21,26H,9-12H2,1H3,(H,24,27)/t21-/m0/s1. The maximum Gasteiger partial charge on any atom is 0.259 e. The zero-order chi connectivity index (χ0) is 20.4. The maximum atomic E-state index is 13.0. The average Bonchev–Trinajstić information content (AvgIpc) is 2.79. The van der Waals surface area contributed by atoms with Crippen LogP contribution in [0.2, 0.25) is 0 Å². The van der Waals surface area contributed by atoms with Crippen molar-refractivity contribution in [3.63, 3.8) is 0 Å². The highest BCUT2D eigenvalue weighted by molar-refractivity contribution is 5.97. The highest BCUT2D eigenvalue weighted by Crippen LogP contribution is 2.31. The third kappa shape index (κ3) is 3.76. The van der Waals surface area contributed by atoms with E-state index in [2.05, 4.69) is 4.98 Å². The predicted octanol–water partition coefficient (Wildman–Crippen LogP) is 3.12. The number of H-pyrrole nitrogens is 1. The number of benzene rings is 2. The van der Waals surface area contributed by atoms with E-state index in [9.17, 15) is 14.7 Å². The first-order chi connectivity index (χ1) is 14.1. The Hall–Kier alpha value is -3.12. The molecular formula is C23H24N2O4. The zero-order valence-corrected chi connectivity index (χ0v) is 16.3. The van der Waals surface area contributed by atoms with Crippen molar-refractivity contribution in [3.05, 3.63) is 76.1 Å². The number of aromatic amines is 1. The van der Waals surface area contributed by atoms with Gasteiger partial charge in [-0.2, -0.15) is 0 Å². The first kappa shape index (κ1) is 19.2. The van der Waals surface area contributed by atoms with Gasteiger partial charge in [0.1, 0.15) is 11.3 Å². The van der Waals surface area contributed by atoms with Crippen LogP contribution in [0.4, 0.5) is 0 Å². The second kappa shape index (κ2) is 8.09.